The van der Waals surface area contributed by atoms with Crippen LogP contribution in [0.25, 0.3) is 6.08 Å². The lowest BCUT2D eigenvalue weighted by Gasteiger charge is -2.28. The van der Waals surface area contributed by atoms with Crippen molar-refractivity contribution in [3.8, 4) is 0 Å². The zero-order valence-electron chi connectivity index (χ0n) is 20.4. The second kappa shape index (κ2) is 13.6. The molecule has 0 bridgehead atoms. The Balaban J connectivity index is 1.48. The molecule has 9 heteroatoms. The molecule has 7 nitrogen and oxygen atoms in total. The predicted octanol–water partition coefficient (Wildman–Crippen LogP) is 4.99. The molecule has 1 saturated heterocycles. The van der Waals surface area contributed by atoms with Gasteiger partial charge in [0.25, 0.3) is 11.8 Å². The summed E-state index contributed by atoms with van der Waals surface area (Å²) in [7, 11) is 0. The highest BCUT2D eigenvalue weighted by molar-refractivity contribution is 8.22. The van der Waals surface area contributed by atoms with E-state index in [1.807, 2.05) is 12.1 Å². The monoisotopic (exact) mass is 527 g/mol. The van der Waals surface area contributed by atoms with Crippen molar-refractivity contribution in [2.45, 2.75) is 56.1 Å². The number of morpholine rings is 1. The van der Waals surface area contributed by atoms with E-state index in [1.165, 1.54) is 31.0 Å². The summed E-state index contributed by atoms with van der Waals surface area (Å²) in [5.41, 5.74) is 0.640. The topological polar surface area (TPSA) is 83.8 Å². The number of hydrogen-bond donors (Lipinski definition) is 2. The van der Waals surface area contributed by atoms with Crippen molar-refractivity contribution in [1.82, 2.24) is 15.5 Å². The molecule has 192 valence electrons. The van der Waals surface area contributed by atoms with Crippen LogP contribution in [0.3, 0.4) is 0 Å². The molecular weight excluding hydrogens is 494 g/mol. The average Bonchev–Trinajstić information content (AvgIpc) is 3.32. The van der Waals surface area contributed by atoms with E-state index < -0.39 is 0 Å². The van der Waals surface area contributed by atoms with E-state index in [1.54, 1.807) is 36.4 Å². The van der Waals surface area contributed by atoms with Gasteiger partial charge in [0.15, 0.2) is 5.09 Å². The molecule has 1 aliphatic carbocycles. The van der Waals surface area contributed by atoms with Crippen molar-refractivity contribution in [2.75, 3.05) is 26.3 Å². The van der Waals surface area contributed by atoms with Crippen LogP contribution in [-0.4, -0.2) is 53.4 Å². The van der Waals surface area contributed by atoms with E-state index in [0.717, 1.165) is 43.1 Å². The summed E-state index contributed by atoms with van der Waals surface area (Å²) in [6.07, 6.45) is 9.33. The molecule has 1 aromatic carbocycles. The summed E-state index contributed by atoms with van der Waals surface area (Å²) in [5, 5.41) is 6.57. The Labute approximate surface area is 222 Å². The van der Waals surface area contributed by atoms with E-state index >= 15 is 0 Å². The Hall–Kier alpha value is -2.62. The maximum Gasteiger partial charge on any atom is 0.268 e. The van der Waals surface area contributed by atoms with E-state index in [2.05, 4.69) is 15.5 Å². The lowest BCUT2D eigenvalue weighted by atomic mass is 9.96. The minimum Gasteiger partial charge on any atom is -0.450 e. The average molecular weight is 528 g/mol. The molecule has 36 heavy (non-hydrogen) atoms. The van der Waals surface area contributed by atoms with Gasteiger partial charge >= 0.3 is 0 Å². The number of amides is 2. The van der Waals surface area contributed by atoms with E-state index in [0.29, 0.717) is 29.6 Å². The minimum atomic E-state index is -0.343. The van der Waals surface area contributed by atoms with Crippen LogP contribution >= 0.6 is 24.0 Å². The fourth-order valence-electron chi connectivity index (χ4n) is 4.31. The quantitative estimate of drug-likeness (QED) is 0.311. The van der Waals surface area contributed by atoms with Crippen LogP contribution in [-0.2, 0) is 9.53 Å². The Bertz CT molecular complexity index is 1060. The molecule has 0 unspecified atom stereocenters. The number of thioether (sulfide) groups is 1. The molecule has 0 atom stereocenters. The van der Waals surface area contributed by atoms with Crippen LogP contribution in [0.1, 0.15) is 61.1 Å². The lowest BCUT2D eigenvalue weighted by Crippen LogP contribution is -2.40. The first kappa shape index (κ1) is 26.4. The SMILES string of the molecule is O=C(NC1CCCCCCC1)C(=Cc1ccc(SC(=S)N2CCOCC2)o1)NC(=O)c1ccccc1. The molecule has 1 aliphatic heterocycles. The highest BCUT2D eigenvalue weighted by Crippen LogP contribution is 2.26. The third kappa shape index (κ3) is 7.94. The smallest absolute Gasteiger partial charge is 0.268 e. The molecule has 0 spiro atoms. The van der Waals surface area contributed by atoms with Crippen molar-refractivity contribution in [2.24, 2.45) is 0 Å². The fourth-order valence-corrected chi connectivity index (χ4v) is 5.50. The van der Waals surface area contributed by atoms with E-state index in [-0.39, 0.29) is 23.6 Å². The van der Waals surface area contributed by atoms with Gasteiger partial charge in [-0.3, -0.25) is 9.59 Å². The summed E-state index contributed by atoms with van der Waals surface area (Å²) in [5.74, 6) is -0.179. The van der Waals surface area contributed by atoms with Crippen LogP contribution in [0, 0.1) is 0 Å². The summed E-state index contributed by atoms with van der Waals surface area (Å²) < 4.78 is 12.1. The summed E-state index contributed by atoms with van der Waals surface area (Å²) in [6, 6.07) is 12.6. The molecule has 4 rings (SSSR count). The largest absolute Gasteiger partial charge is 0.450 e. The van der Waals surface area contributed by atoms with Crippen molar-refractivity contribution in [1.29, 1.82) is 0 Å². The Kier molecular flexibility index (Phi) is 10.0. The second-order valence-electron chi connectivity index (χ2n) is 9.02. The summed E-state index contributed by atoms with van der Waals surface area (Å²) in [4.78, 5) is 28.3. The number of carbonyl (C=O) groups is 2. The third-order valence-corrected chi connectivity index (χ3v) is 7.68. The van der Waals surface area contributed by atoms with Crippen molar-refractivity contribution in [3.05, 3.63) is 59.5 Å². The van der Waals surface area contributed by atoms with Crippen molar-refractivity contribution in [3.63, 3.8) is 0 Å². The highest BCUT2D eigenvalue weighted by Gasteiger charge is 2.21. The zero-order valence-corrected chi connectivity index (χ0v) is 22.0. The van der Waals surface area contributed by atoms with Crippen molar-refractivity contribution >= 4 is 46.2 Å². The first-order valence-corrected chi connectivity index (χ1v) is 13.8. The maximum atomic E-state index is 13.3. The van der Waals surface area contributed by atoms with Gasteiger partial charge in [-0.1, -0.05) is 62.5 Å². The second-order valence-corrected chi connectivity index (χ2v) is 10.7. The molecule has 0 radical (unpaired) electrons. The van der Waals surface area contributed by atoms with Crippen LogP contribution in [0.4, 0.5) is 0 Å². The maximum absolute atomic E-state index is 13.3. The number of rotatable bonds is 6. The predicted molar refractivity (Wildman–Crippen MR) is 146 cm³/mol. The number of benzene rings is 1. The number of ether oxygens (including phenoxy) is 1. The number of nitrogens with zero attached hydrogens (tertiary/aromatic N) is 1. The van der Waals surface area contributed by atoms with Gasteiger partial charge in [-0.2, -0.15) is 0 Å². The number of nitrogens with one attached hydrogen (secondary N) is 2. The van der Waals surface area contributed by atoms with Crippen LogP contribution in [0.2, 0.25) is 0 Å². The molecule has 2 aromatic rings. The number of carbonyl (C=O) groups excluding carboxylic acids is 2. The van der Waals surface area contributed by atoms with Crippen molar-refractivity contribution < 1.29 is 18.7 Å². The van der Waals surface area contributed by atoms with Crippen LogP contribution < -0.4 is 10.6 Å². The van der Waals surface area contributed by atoms with Crippen LogP contribution in [0.15, 0.2) is 57.7 Å². The lowest BCUT2D eigenvalue weighted by molar-refractivity contribution is -0.118. The molecular formula is C27H33N3O4S2. The van der Waals surface area contributed by atoms with Gasteiger partial charge in [0, 0.05) is 30.8 Å². The van der Waals surface area contributed by atoms with Gasteiger partial charge in [-0.25, -0.2) is 0 Å². The van der Waals surface area contributed by atoms with Gasteiger partial charge < -0.3 is 24.7 Å². The van der Waals surface area contributed by atoms with Gasteiger partial charge in [0.1, 0.15) is 15.8 Å². The third-order valence-electron chi connectivity index (χ3n) is 6.32. The first-order valence-electron chi connectivity index (χ1n) is 12.6. The highest BCUT2D eigenvalue weighted by atomic mass is 32.2. The molecule has 2 amide bonds. The molecule has 2 N–H and O–H groups in total. The van der Waals surface area contributed by atoms with E-state index in [4.69, 9.17) is 21.4 Å². The molecule has 1 aromatic heterocycles. The van der Waals surface area contributed by atoms with E-state index in [9.17, 15) is 9.59 Å². The molecule has 2 fully saturated rings. The number of thiocarbonyl (C=S) groups is 1. The van der Waals surface area contributed by atoms with Gasteiger partial charge in [0.2, 0.25) is 0 Å². The van der Waals surface area contributed by atoms with Gasteiger partial charge in [-0.05, 0) is 48.9 Å². The molecule has 1 saturated carbocycles. The Morgan fingerprint density at radius 3 is 2.39 bits per heavy atom. The van der Waals surface area contributed by atoms with Gasteiger partial charge in [-0.15, -0.1) is 0 Å². The molecule has 2 aliphatic rings. The fraction of sp³-hybridized carbons (Fsp3) is 0.444. The Morgan fingerprint density at radius 2 is 1.67 bits per heavy atom. The first-order chi connectivity index (χ1) is 17.6. The summed E-state index contributed by atoms with van der Waals surface area (Å²) in [6.45, 7) is 2.84. The summed E-state index contributed by atoms with van der Waals surface area (Å²) >= 11 is 6.92. The normalized spacial score (nSPS) is 17.7. The Morgan fingerprint density at radius 1 is 0.972 bits per heavy atom. The zero-order chi connectivity index (χ0) is 25.2. The minimum absolute atomic E-state index is 0.100. The number of hydrogen-bond acceptors (Lipinski definition) is 6. The number of furan rings is 1. The molecule has 2 heterocycles. The van der Waals surface area contributed by atoms with Gasteiger partial charge in [0.05, 0.1) is 13.2 Å². The standard InChI is InChI=1S/C27H33N3O4S2/c31-25(20-9-5-4-6-10-20)29-23(26(32)28-21-11-7-2-1-3-8-12-21)19-22-13-14-24(34-22)36-27(35)30-15-17-33-18-16-30/h4-6,9-10,13-14,19,21H,1-3,7-8,11-12,15-18H2,(H,28,32)(H,29,31). The van der Waals surface area contributed by atoms with Crippen LogP contribution in [0.5, 0.6) is 0 Å².